The first-order valence-corrected chi connectivity index (χ1v) is 9.24. The van der Waals surface area contributed by atoms with E-state index in [1.807, 2.05) is 18.2 Å². The van der Waals surface area contributed by atoms with Crippen LogP contribution in [-0.2, 0) is 0 Å². The van der Waals surface area contributed by atoms with Crippen LogP contribution in [0.5, 0.6) is 0 Å². The Labute approximate surface area is 166 Å². The lowest BCUT2D eigenvalue weighted by Gasteiger charge is -2.36. The molecule has 29 heavy (non-hydrogen) atoms. The summed E-state index contributed by atoms with van der Waals surface area (Å²) in [6.07, 6.45) is 2.87. The number of hydrogen-bond donors (Lipinski definition) is 1. The van der Waals surface area contributed by atoms with Gasteiger partial charge in [-0.25, -0.2) is 18.7 Å². The monoisotopic (exact) mass is 395 g/mol. The van der Waals surface area contributed by atoms with Crippen molar-refractivity contribution in [3.63, 3.8) is 0 Å². The van der Waals surface area contributed by atoms with Crippen LogP contribution in [0, 0.1) is 11.6 Å². The minimum Gasteiger partial charge on any atom is -0.368 e. The molecule has 0 radical (unpaired) electrons. The summed E-state index contributed by atoms with van der Waals surface area (Å²) in [7, 11) is 0. The zero-order valence-electron chi connectivity index (χ0n) is 15.6. The molecule has 1 N–H and O–H groups in total. The molecule has 0 saturated carbocycles. The van der Waals surface area contributed by atoms with Gasteiger partial charge in [0.05, 0.1) is 18.1 Å². The quantitative estimate of drug-likeness (QED) is 0.734. The van der Waals surface area contributed by atoms with E-state index < -0.39 is 23.1 Å². The molecule has 3 aromatic rings. The number of carbonyl (C=O) groups excluding carboxylic acids is 1. The minimum absolute atomic E-state index is 0.268. The van der Waals surface area contributed by atoms with Crippen molar-refractivity contribution in [1.29, 1.82) is 0 Å². The highest BCUT2D eigenvalue weighted by atomic mass is 19.1. The lowest BCUT2D eigenvalue weighted by molar-refractivity contribution is 0.101. The molecule has 1 aliphatic rings. The molecule has 1 amide bonds. The second kappa shape index (κ2) is 8.22. The molecular weight excluding hydrogens is 376 g/mol. The average molecular weight is 395 g/mol. The predicted octanol–water partition coefficient (Wildman–Crippen LogP) is 3.33. The standard InChI is InChI=1S/C21H19F2N5O/c22-17-7-4-8-18(23)19(17)20(29)26-15-13-24-21(25-14-15)28-11-9-27(10-12-28)16-5-2-1-3-6-16/h1-8,13-14H,9-12H2,(H,26,29). The Morgan fingerprint density at radius 1 is 0.828 bits per heavy atom. The molecule has 0 aliphatic carbocycles. The lowest BCUT2D eigenvalue weighted by atomic mass is 10.2. The molecule has 2 heterocycles. The van der Waals surface area contributed by atoms with Crippen LogP contribution in [0.1, 0.15) is 10.4 Å². The molecule has 1 aliphatic heterocycles. The largest absolute Gasteiger partial charge is 0.368 e. The maximum Gasteiger partial charge on any atom is 0.261 e. The van der Waals surface area contributed by atoms with Crippen molar-refractivity contribution < 1.29 is 13.6 Å². The first-order chi connectivity index (χ1) is 14.1. The van der Waals surface area contributed by atoms with Crippen LogP contribution in [0.4, 0.5) is 26.1 Å². The number of hydrogen-bond acceptors (Lipinski definition) is 5. The fourth-order valence-electron chi connectivity index (χ4n) is 3.26. The van der Waals surface area contributed by atoms with E-state index in [9.17, 15) is 13.6 Å². The lowest BCUT2D eigenvalue weighted by Crippen LogP contribution is -2.47. The van der Waals surface area contributed by atoms with E-state index in [0.717, 1.165) is 38.3 Å². The molecule has 8 heteroatoms. The summed E-state index contributed by atoms with van der Waals surface area (Å²) in [6.45, 7) is 3.22. The fourth-order valence-corrected chi connectivity index (χ4v) is 3.26. The molecule has 0 unspecified atom stereocenters. The molecule has 1 fully saturated rings. The summed E-state index contributed by atoms with van der Waals surface area (Å²) in [4.78, 5) is 25.1. The van der Waals surface area contributed by atoms with Gasteiger partial charge in [-0.3, -0.25) is 4.79 Å². The van der Waals surface area contributed by atoms with Gasteiger partial charge in [-0.1, -0.05) is 24.3 Å². The summed E-state index contributed by atoms with van der Waals surface area (Å²) in [5.74, 6) is -2.17. The van der Waals surface area contributed by atoms with Gasteiger partial charge >= 0.3 is 0 Å². The van der Waals surface area contributed by atoms with Gasteiger partial charge in [-0.15, -0.1) is 0 Å². The Balaban J connectivity index is 1.38. The van der Waals surface area contributed by atoms with Gasteiger partial charge in [0.15, 0.2) is 0 Å². The number of rotatable bonds is 4. The number of carbonyl (C=O) groups is 1. The van der Waals surface area contributed by atoms with E-state index in [1.54, 1.807) is 0 Å². The van der Waals surface area contributed by atoms with E-state index >= 15 is 0 Å². The molecule has 4 rings (SSSR count). The average Bonchev–Trinajstić information content (AvgIpc) is 2.75. The Kier molecular flexibility index (Phi) is 5.33. The number of nitrogens with zero attached hydrogens (tertiary/aromatic N) is 4. The third-order valence-corrected chi connectivity index (χ3v) is 4.77. The smallest absolute Gasteiger partial charge is 0.261 e. The van der Waals surface area contributed by atoms with E-state index in [1.165, 1.54) is 24.1 Å². The summed E-state index contributed by atoms with van der Waals surface area (Å²) in [5, 5.41) is 2.43. The van der Waals surface area contributed by atoms with Crippen molar-refractivity contribution in [1.82, 2.24) is 9.97 Å². The number of piperazine rings is 1. The third-order valence-electron chi connectivity index (χ3n) is 4.77. The molecule has 6 nitrogen and oxygen atoms in total. The van der Waals surface area contributed by atoms with Crippen LogP contribution < -0.4 is 15.1 Å². The first kappa shape index (κ1) is 18.8. The number of benzene rings is 2. The summed E-state index contributed by atoms with van der Waals surface area (Å²) < 4.78 is 27.4. The van der Waals surface area contributed by atoms with Crippen molar-refractivity contribution >= 4 is 23.2 Å². The zero-order valence-corrected chi connectivity index (χ0v) is 15.6. The molecule has 1 saturated heterocycles. The van der Waals surface area contributed by atoms with Gasteiger partial charge in [0, 0.05) is 31.9 Å². The number of amides is 1. The van der Waals surface area contributed by atoms with E-state index in [2.05, 4.69) is 37.2 Å². The molecule has 0 bridgehead atoms. The van der Waals surface area contributed by atoms with E-state index in [0.29, 0.717) is 5.95 Å². The second-order valence-electron chi connectivity index (χ2n) is 6.63. The second-order valence-corrected chi connectivity index (χ2v) is 6.63. The third kappa shape index (κ3) is 4.16. The van der Waals surface area contributed by atoms with Gasteiger partial charge < -0.3 is 15.1 Å². The van der Waals surface area contributed by atoms with Gasteiger partial charge in [0.1, 0.15) is 17.2 Å². The van der Waals surface area contributed by atoms with Crippen molar-refractivity contribution in [3.05, 3.63) is 78.1 Å². The normalized spacial score (nSPS) is 14.0. The van der Waals surface area contributed by atoms with Crippen molar-refractivity contribution in [2.45, 2.75) is 0 Å². The van der Waals surface area contributed by atoms with Crippen LogP contribution in [0.2, 0.25) is 0 Å². The first-order valence-electron chi connectivity index (χ1n) is 9.24. The van der Waals surface area contributed by atoms with Crippen molar-refractivity contribution in [3.8, 4) is 0 Å². The predicted molar refractivity (Wildman–Crippen MR) is 107 cm³/mol. The van der Waals surface area contributed by atoms with Crippen LogP contribution in [-0.4, -0.2) is 42.1 Å². The number of aromatic nitrogens is 2. The summed E-state index contributed by atoms with van der Waals surface area (Å²) in [6, 6.07) is 13.5. The highest BCUT2D eigenvalue weighted by molar-refractivity contribution is 6.04. The van der Waals surface area contributed by atoms with Crippen LogP contribution >= 0.6 is 0 Å². The fraction of sp³-hybridized carbons (Fsp3) is 0.190. The Bertz CT molecular complexity index is 969. The van der Waals surface area contributed by atoms with Crippen LogP contribution in [0.15, 0.2) is 60.9 Å². The molecule has 0 spiro atoms. The molecule has 1 aromatic heterocycles. The number of anilines is 3. The van der Waals surface area contributed by atoms with Crippen molar-refractivity contribution in [2.24, 2.45) is 0 Å². The van der Waals surface area contributed by atoms with Crippen LogP contribution in [0.25, 0.3) is 0 Å². The molecule has 148 valence electrons. The highest BCUT2D eigenvalue weighted by Gasteiger charge is 2.20. The Hall–Kier alpha value is -3.55. The van der Waals surface area contributed by atoms with Gasteiger partial charge in [-0.2, -0.15) is 0 Å². The molecular formula is C21H19F2N5O. The minimum atomic E-state index is -0.920. The SMILES string of the molecule is O=C(Nc1cnc(N2CCN(c3ccccc3)CC2)nc1)c1c(F)cccc1F. The highest BCUT2D eigenvalue weighted by Crippen LogP contribution is 2.19. The van der Waals surface area contributed by atoms with Crippen molar-refractivity contribution in [2.75, 3.05) is 41.3 Å². The zero-order chi connectivity index (χ0) is 20.2. The Morgan fingerprint density at radius 3 is 2.03 bits per heavy atom. The Morgan fingerprint density at radius 2 is 1.41 bits per heavy atom. The number of nitrogens with one attached hydrogen (secondary N) is 1. The van der Waals surface area contributed by atoms with E-state index in [-0.39, 0.29) is 5.69 Å². The number of para-hydroxylation sites is 1. The summed E-state index contributed by atoms with van der Waals surface area (Å²) >= 11 is 0. The summed E-state index contributed by atoms with van der Waals surface area (Å²) in [5.41, 5.74) is 0.824. The maximum atomic E-state index is 13.7. The topological polar surface area (TPSA) is 61.4 Å². The molecule has 0 atom stereocenters. The van der Waals surface area contributed by atoms with E-state index in [4.69, 9.17) is 0 Å². The number of halogens is 2. The van der Waals surface area contributed by atoms with Gasteiger partial charge in [0.25, 0.3) is 5.91 Å². The van der Waals surface area contributed by atoms with Crippen LogP contribution in [0.3, 0.4) is 0 Å². The maximum absolute atomic E-state index is 13.7. The van der Waals surface area contributed by atoms with Gasteiger partial charge in [0.2, 0.25) is 5.95 Å². The van der Waals surface area contributed by atoms with Gasteiger partial charge in [-0.05, 0) is 24.3 Å². The molecule has 2 aromatic carbocycles.